The number of nitrogens with zero attached hydrogens (tertiary/aromatic N) is 1. The highest BCUT2D eigenvalue weighted by Crippen LogP contribution is 2.24. The maximum atomic E-state index is 10.9. The highest BCUT2D eigenvalue weighted by atomic mass is 16.4. The molecule has 1 saturated carbocycles. The first-order chi connectivity index (χ1) is 7.47. The summed E-state index contributed by atoms with van der Waals surface area (Å²) in [4.78, 5) is 13.3. The normalized spacial score (nSPS) is 21.2. The molecule has 1 rings (SSSR count). The van der Waals surface area contributed by atoms with E-state index in [9.17, 15) is 4.79 Å². The molecular weight excluding hydrogens is 204 g/mol. The molecule has 1 aliphatic carbocycles. The van der Waals surface area contributed by atoms with Crippen molar-refractivity contribution in [3.63, 3.8) is 0 Å². The smallest absolute Gasteiger partial charge is 0.323 e. The molecular formula is C12H24N2O2. The van der Waals surface area contributed by atoms with Crippen molar-refractivity contribution in [2.24, 2.45) is 5.73 Å². The maximum Gasteiger partial charge on any atom is 0.323 e. The third kappa shape index (κ3) is 3.46. The van der Waals surface area contributed by atoms with Gasteiger partial charge >= 0.3 is 5.97 Å². The van der Waals surface area contributed by atoms with Gasteiger partial charge < -0.3 is 15.7 Å². The van der Waals surface area contributed by atoms with E-state index >= 15 is 0 Å². The molecule has 0 amide bonds. The fourth-order valence-electron chi connectivity index (χ4n) is 2.35. The van der Waals surface area contributed by atoms with Crippen LogP contribution in [0.5, 0.6) is 0 Å². The summed E-state index contributed by atoms with van der Waals surface area (Å²) in [5.74, 6) is -0.907. The first-order valence-corrected chi connectivity index (χ1v) is 6.23. The summed E-state index contributed by atoms with van der Waals surface area (Å²) in [6.45, 7) is 5.51. The fourth-order valence-corrected chi connectivity index (χ4v) is 2.35. The molecule has 0 aromatic heterocycles. The predicted molar refractivity (Wildman–Crippen MR) is 64.3 cm³/mol. The van der Waals surface area contributed by atoms with Crippen molar-refractivity contribution >= 4 is 5.97 Å². The van der Waals surface area contributed by atoms with Gasteiger partial charge in [0, 0.05) is 12.6 Å². The summed E-state index contributed by atoms with van der Waals surface area (Å²) in [7, 11) is 0. The van der Waals surface area contributed by atoms with Crippen molar-refractivity contribution in [2.75, 3.05) is 13.1 Å². The molecule has 3 N–H and O–H groups in total. The van der Waals surface area contributed by atoms with Gasteiger partial charge in [0.15, 0.2) is 0 Å². The van der Waals surface area contributed by atoms with Gasteiger partial charge in [0.1, 0.15) is 5.54 Å². The molecule has 0 spiro atoms. The van der Waals surface area contributed by atoms with Crippen LogP contribution in [-0.4, -0.2) is 40.6 Å². The molecule has 0 aromatic rings. The van der Waals surface area contributed by atoms with Crippen molar-refractivity contribution in [3.05, 3.63) is 0 Å². The average Bonchev–Trinajstić information content (AvgIpc) is 2.71. The molecule has 1 unspecified atom stereocenters. The third-order valence-electron chi connectivity index (χ3n) is 3.65. The van der Waals surface area contributed by atoms with E-state index in [1.54, 1.807) is 6.92 Å². The molecule has 4 heteroatoms. The lowest BCUT2D eigenvalue weighted by molar-refractivity contribution is -0.143. The second-order valence-corrected chi connectivity index (χ2v) is 5.04. The molecule has 1 fully saturated rings. The zero-order valence-corrected chi connectivity index (χ0v) is 10.4. The lowest BCUT2D eigenvalue weighted by Crippen LogP contribution is -2.48. The second kappa shape index (κ2) is 5.64. The molecule has 0 aliphatic heterocycles. The van der Waals surface area contributed by atoms with Gasteiger partial charge in [-0.2, -0.15) is 0 Å². The van der Waals surface area contributed by atoms with Crippen LogP contribution < -0.4 is 5.73 Å². The van der Waals surface area contributed by atoms with E-state index in [0.29, 0.717) is 12.5 Å². The van der Waals surface area contributed by atoms with Gasteiger partial charge in [-0.3, -0.25) is 4.79 Å². The first-order valence-electron chi connectivity index (χ1n) is 6.23. The second-order valence-electron chi connectivity index (χ2n) is 5.04. The van der Waals surface area contributed by atoms with Crippen molar-refractivity contribution in [1.29, 1.82) is 0 Å². The number of hydrogen-bond donors (Lipinski definition) is 2. The lowest BCUT2D eigenvalue weighted by atomic mass is 9.99. The van der Waals surface area contributed by atoms with Gasteiger partial charge in [-0.05, 0) is 32.7 Å². The van der Waals surface area contributed by atoms with Crippen LogP contribution in [0, 0.1) is 0 Å². The van der Waals surface area contributed by atoms with E-state index in [1.165, 1.54) is 25.7 Å². The monoisotopic (exact) mass is 228 g/mol. The van der Waals surface area contributed by atoms with Gasteiger partial charge in [-0.25, -0.2) is 0 Å². The van der Waals surface area contributed by atoms with Crippen LogP contribution in [-0.2, 0) is 4.79 Å². The van der Waals surface area contributed by atoms with E-state index in [0.717, 1.165) is 13.1 Å². The Balaban J connectivity index is 2.41. The van der Waals surface area contributed by atoms with E-state index in [2.05, 4.69) is 11.8 Å². The number of carboxylic acid groups (broad SMARTS) is 1. The van der Waals surface area contributed by atoms with Gasteiger partial charge in [-0.15, -0.1) is 0 Å². The molecule has 0 aromatic carbocycles. The van der Waals surface area contributed by atoms with Crippen LogP contribution in [0.3, 0.4) is 0 Å². The highest BCUT2D eigenvalue weighted by Gasteiger charge is 2.29. The van der Waals surface area contributed by atoms with Gasteiger partial charge in [-0.1, -0.05) is 19.8 Å². The number of carboxylic acids is 1. The highest BCUT2D eigenvalue weighted by molar-refractivity contribution is 5.77. The fraction of sp³-hybridized carbons (Fsp3) is 0.917. The topological polar surface area (TPSA) is 66.6 Å². The van der Waals surface area contributed by atoms with Crippen molar-refractivity contribution in [3.8, 4) is 0 Å². The molecule has 16 heavy (non-hydrogen) atoms. The minimum absolute atomic E-state index is 0.521. The van der Waals surface area contributed by atoms with Crippen LogP contribution >= 0.6 is 0 Å². The Morgan fingerprint density at radius 2 is 2.06 bits per heavy atom. The Morgan fingerprint density at radius 1 is 1.50 bits per heavy atom. The summed E-state index contributed by atoms with van der Waals surface area (Å²) in [6.07, 6.45) is 5.64. The largest absolute Gasteiger partial charge is 0.480 e. The Morgan fingerprint density at radius 3 is 2.50 bits per heavy atom. The molecule has 1 aliphatic rings. The number of rotatable bonds is 6. The van der Waals surface area contributed by atoms with Gasteiger partial charge in [0.05, 0.1) is 0 Å². The molecule has 4 nitrogen and oxygen atoms in total. The van der Waals surface area contributed by atoms with Crippen LogP contribution in [0.25, 0.3) is 0 Å². The van der Waals surface area contributed by atoms with Crippen molar-refractivity contribution in [1.82, 2.24) is 4.90 Å². The lowest BCUT2D eigenvalue weighted by Gasteiger charge is -2.30. The first kappa shape index (κ1) is 13.5. The maximum absolute atomic E-state index is 10.9. The molecule has 0 radical (unpaired) electrons. The molecule has 0 heterocycles. The van der Waals surface area contributed by atoms with E-state index in [4.69, 9.17) is 10.8 Å². The molecule has 0 bridgehead atoms. The Bertz CT molecular complexity index is 235. The Hall–Kier alpha value is -0.610. The number of aliphatic carboxylic acids is 1. The number of hydrogen-bond acceptors (Lipinski definition) is 3. The minimum atomic E-state index is -1.09. The minimum Gasteiger partial charge on any atom is -0.480 e. The number of nitrogens with two attached hydrogens (primary N) is 1. The van der Waals surface area contributed by atoms with E-state index in [1.807, 2.05) is 0 Å². The zero-order chi connectivity index (χ0) is 12.2. The van der Waals surface area contributed by atoms with Gasteiger partial charge in [0.25, 0.3) is 0 Å². The van der Waals surface area contributed by atoms with Gasteiger partial charge in [0.2, 0.25) is 0 Å². The number of carbonyl (C=O) groups is 1. The standard InChI is InChI=1S/C12H24N2O2/c1-3-14(10-6-4-5-7-10)9-8-12(2,13)11(15)16/h10H,3-9,13H2,1-2H3,(H,15,16). The van der Waals surface area contributed by atoms with E-state index < -0.39 is 11.5 Å². The molecule has 1 atom stereocenters. The van der Waals surface area contributed by atoms with Crippen molar-refractivity contribution in [2.45, 2.75) is 57.5 Å². The SMILES string of the molecule is CCN(CCC(C)(N)C(=O)O)C1CCCC1. The van der Waals surface area contributed by atoms with Crippen LogP contribution in [0.2, 0.25) is 0 Å². The summed E-state index contributed by atoms with van der Waals surface area (Å²) < 4.78 is 0. The quantitative estimate of drug-likeness (QED) is 0.722. The van der Waals surface area contributed by atoms with Crippen molar-refractivity contribution < 1.29 is 9.90 Å². The average molecular weight is 228 g/mol. The Labute approximate surface area is 97.8 Å². The van der Waals surface area contributed by atoms with Crippen LogP contribution in [0.1, 0.15) is 46.0 Å². The summed E-state index contributed by atoms with van der Waals surface area (Å²) in [5, 5.41) is 8.95. The van der Waals surface area contributed by atoms with E-state index in [-0.39, 0.29) is 0 Å². The predicted octanol–water partition coefficient (Wildman–Crippen LogP) is 1.44. The summed E-state index contributed by atoms with van der Waals surface area (Å²) in [5.41, 5.74) is 4.64. The summed E-state index contributed by atoms with van der Waals surface area (Å²) in [6, 6.07) is 0.648. The Kier molecular flexibility index (Phi) is 4.74. The molecule has 94 valence electrons. The zero-order valence-electron chi connectivity index (χ0n) is 10.4. The third-order valence-corrected chi connectivity index (χ3v) is 3.65. The van der Waals surface area contributed by atoms with Crippen LogP contribution in [0.15, 0.2) is 0 Å². The van der Waals surface area contributed by atoms with Crippen LogP contribution in [0.4, 0.5) is 0 Å². The summed E-state index contributed by atoms with van der Waals surface area (Å²) >= 11 is 0. The molecule has 0 saturated heterocycles.